The summed E-state index contributed by atoms with van der Waals surface area (Å²) in [6.45, 7) is 0. The molecule has 0 bridgehead atoms. The smallest absolute Gasteiger partial charge is 0.223 e. The number of hydrogen-bond donors (Lipinski definition) is 3. The molecule has 3 rings (SSSR count). The molecule has 1 heterocycles. The normalized spacial score (nSPS) is 11.7. The quantitative estimate of drug-likeness (QED) is 0.356. The number of rotatable bonds is 1. The largest absolute Gasteiger partial charge is 0.370 e. The number of aliphatic imine (C=N–C) groups is 2. The van der Waals surface area contributed by atoms with Gasteiger partial charge in [-0.25, -0.2) is 9.98 Å². The van der Waals surface area contributed by atoms with E-state index in [1.165, 1.54) is 0 Å². The molecule has 6 N–H and O–H groups in total. The summed E-state index contributed by atoms with van der Waals surface area (Å²) in [5.41, 5.74) is 18.7. The van der Waals surface area contributed by atoms with Gasteiger partial charge in [-0.1, -0.05) is 18.2 Å². The van der Waals surface area contributed by atoms with E-state index < -0.39 is 0 Å². The van der Waals surface area contributed by atoms with Crippen LogP contribution in [0.5, 0.6) is 0 Å². The second-order valence-electron chi connectivity index (χ2n) is 4.56. The summed E-state index contributed by atoms with van der Waals surface area (Å²) in [4.78, 5) is 12.4. The molecule has 3 aromatic rings. The zero-order valence-corrected chi connectivity index (χ0v) is 11.2. The molecule has 0 atom stereocenters. The molecule has 0 fully saturated rings. The van der Waals surface area contributed by atoms with Gasteiger partial charge in [-0.3, -0.25) is 0 Å². The van der Waals surface area contributed by atoms with Crippen molar-refractivity contribution in [1.82, 2.24) is 4.98 Å². The maximum absolute atomic E-state index is 5.63. The van der Waals surface area contributed by atoms with Crippen LogP contribution in [0.15, 0.2) is 58.5 Å². The van der Waals surface area contributed by atoms with Gasteiger partial charge in [-0.2, -0.15) is 4.99 Å². The van der Waals surface area contributed by atoms with Gasteiger partial charge in [0.05, 0.1) is 16.7 Å². The van der Waals surface area contributed by atoms with Crippen molar-refractivity contribution in [2.45, 2.75) is 0 Å². The van der Waals surface area contributed by atoms with Crippen LogP contribution in [-0.2, 0) is 0 Å². The molecular weight excluding hydrogens is 264 g/mol. The van der Waals surface area contributed by atoms with Crippen molar-refractivity contribution in [3.8, 4) is 0 Å². The number of nitrogens with two attached hydrogens (primary N) is 3. The van der Waals surface area contributed by atoms with Gasteiger partial charge < -0.3 is 17.2 Å². The summed E-state index contributed by atoms with van der Waals surface area (Å²) < 4.78 is 0. The number of para-hydroxylation sites is 1. The predicted octanol–water partition coefficient (Wildman–Crippen LogP) is 1.61. The minimum absolute atomic E-state index is 0.0168. The first-order valence-corrected chi connectivity index (χ1v) is 6.35. The van der Waals surface area contributed by atoms with Crippen LogP contribution in [0.3, 0.4) is 0 Å². The number of guanidine groups is 2. The number of hydrogen-bond acceptors (Lipinski definition) is 2. The Balaban J connectivity index is 2.11. The van der Waals surface area contributed by atoms with E-state index in [9.17, 15) is 0 Å². The average Bonchev–Trinajstić information content (AvgIpc) is 2.44. The van der Waals surface area contributed by atoms with Gasteiger partial charge in [-0.15, -0.1) is 0 Å². The van der Waals surface area contributed by atoms with E-state index in [2.05, 4.69) is 21.0 Å². The Bertz CT molecular complexity index is 878. The molecule has 21 heavy (non-hydrogen) atoms. The van der Waals surface area contributed by atoms with Gasteiger partial charge >= 0.3 is 0 Å². The van der Waals surface area contributed by atoms with E-state index in [4.69, 9.17) is 17.2 Å². The Morgan fingerprint density at radius 3 is 2.43 bits per heavy atom. The molecule has 0 aliphatic carbocycles. The van der Waals surface area contributed by atoms with Crippen molar-refractivity contribution in [2.75, 3.05) is 0 Å². The molecular formula is C15H14N6. The lowest BCUT2D eigenvalue weighted by Crippen LogP contribution is -2.26. The van der Waals surface area contributed by atoms with E-state index in [0.29, 0.717) is 5.69 Å². The molecule has 0 saturated carbocycles. The molecule has 0 unspecified atom stereocenters. The van der Waals surface area contributed by atoms with E-state index in [-0.39, 0.29) is 11.9 Å². The third kappa shape index (κ3) is 2.74. The van der Waals surface area contributed by atoms with E-state index in [1.807, 2.05) is 42.5 Å². The minimum Gasteiger partial charge on any atom is -0.370 e. The van der Waals surface area contributed by atoms with E-state index >= 15 is 0 Å². The predicted molar refractivity (Wildman–Crippen MR) is 86.3 cm³/mol. The lowest BCUT2D eigenvalue weighted by Gasteiger charge is -2.03. The SMILES string of the molecule is NC(N)=NC(N)=Nc1ccc2nc3ccccc3cc2c1. The summed E-state index contributed by atoms with van der Waals surface area (Å²) in [5, 5.41) is 2.05. The fourth-order valence-electron chi connectivity index (χ4n) is 2.13. The number of pyridine rings is 1. The van der Waals surface area contributed by atoms with Crippen molar-refractivity contribution in [3.05, 3.63) is 48.5 Å². The van der Waals surface area contributed by atoms with Crippen molar-refractivity contribution < 1.29 is 0 Å². The van der Waals surface area contributed by atoms with Crippen LogP contribution in [0.1, 0.15) is 0 Å². The first kappa shape index (κ1) is 12.9. The summed E-state index contributed by atoms with van der Waals surface area (Å²) in [6.07, 6.45) is 0. The van der Waals surface area contributed by atoms with E-state index in [1.54, 1.807) is 0 Å². The second-order valence-corrected chi connectivity index (χ2v) is 4.56. The highest BCUT2D eigenvalue weighted by atomic mass is 15.1. The van der Waals surface area contributed by atoms with Crippen molar-refractivity contribution in [1.29, 1.82) is 0 Å². The van der Waals surface area contributed by atoms with Gasteiger partial charge in [0.1, 0.15) is 0 Å². The maximum atomic E-state index is 5.63. The molecule has 6 nitrogen and oxygen atoms in total. The molecule has 104 valence electrons. The Hall–Kier alpha value is -3.15. The first-order valence-electron chi connectivity index (χ1n) is 6.35. The van der Waals surface area contributed by atoms with Crippen LogP contribution in [0.25, 0.3) is 21.8 Å². The third-order valence-corrected chi connectivity index (χ3v) is 2.99. The minimum atomic E-state index is -0.121. The van der Waals surface area contributed by atoms with Crippen LogP contribution in [0, 0.1) is 0 Å². The van der Waals surface area contributed by atoms with Gasteiger partial charge in [0.25, 0.3) is 0 Å². The highest BCUT2D eigenvalue weighted by Crippen LogP contribution is 2.23. The van der Waals surface area contributed by atoms with Crippen LogP contribution in [0.2, 0.25) is 0 Å². The summed E-state index contributed by atoms with van der Waals surface area (Å²) in [6, 6.07) is 15.6. The van der Waals surface area contributed by atoms with Gasteiger partial charge in [-0.05, 0) is 30.3 Å². The number of nitrogens with zero attached hydrogens (tertiary/aromatic N) is 3. The number of fused-ring (bicyclic) bond motifs is 2. The number of benzene rings is 2. The van der Waals surface area contributed by atoms with Crippen molar-refractivity contribution in [3.63, 3.8) is 0 Å². The van der Waals surface area contributed by atoms with Crippen LogP contribution in [-0.4, -0.2) is 16.9 Å². The van der Waals surface area contributed by atoms with Crippen molar-refractivity contribution in [2.24, 2.45) is 27.2 Å². The molecule has 0 spiro atoms. The van der Waals surface area contributed by atoms with Gasteiger partial charge in [0.2, 0.25) is 5.96 Å². The zero-order chi connectivity index (χ0) is 14.8. The van der Waals surface area contributed by atoms with E-state index in [0.717, 1.165) is 21.8 Å². The molecule has 0 aliphatic rings. The maximum Gasteiger partial charge on any atom is 0.223 e. The van der Waals surface area contributed by atoms with Crippen LogP contribution in [0.4, 0.5) is 5.69 Å². The topological polar surface area (TPSA) is 116 Å². The molecule has 0 amide bonds. The standard InChI is InChI=1S/C15H14N6/c16-14(17)21-15(18)19-11-5-6-13-10(8-11)7-9-3-1-2-4-12(9)20-13/h1-8H,(H6,16,17,18,19,21). The fourth-order valence-corrected chi connectivity index (χ4v) is 2.13. The summed E-state index contributed by atoms with van der Waals surface area (Å²) in [5.74, 6) is -0.104. The Morgan fingerprint density at radius 1 is 0.857 bits per heavy atom. The molecule has 1 aromatic heterocycles. The van der Waals surface area contributed by atoms with Crippen LogP contribution >= 0.6 is 0 Å². The highest BCUT2D eigenvalue weighted by molar-refractivity contribution is 5.96. The molecule has 6 heteroatoms. The Kier molecular flexibility index (Phi) is 3.12. The Labute approximate surface area is 121 Å². The molecule has 0 saturated heterocycles. The summed E-state index contributed by atoms with van der Waals surface area (Å²) >= 11 is 0. The van der Waals surface area contributed by atoms with Gasteiger partial charge in [0.15, 0.2) is 5.96 Å². The summed E-state index contributed by atoms with van der Waals surface area (Å²) in [7, 11) is 0. The lowest BCUT2D eigenvalue weighted by atomic mass is 10.1. The van der Waals surface area contributed by atoms with Crippen molar-refractivity contribution >= 4 is 39.4 Å². The number of aromatic nitrogens is 1. The highest BCUT2D eigenvalue weighted by Gasteiger charge is 2.01. The van der Waals surface area contributed by atoms with Crippen LogP contribution < -0.4 is 17.2 Å². The monoisotopic (exact) mass is 278 g/mol. The van der Waals surface area contributed by atoms with Gasteiger partial charge in [0, 0.05) is 10.8 Å². The lowest BCUT2D eigenvalue weighted by molar-refractivity contribution is 1.38. The second kappa shape index (κ2) is 5.09. The molecule has 2 aromatic carbocycles. The fraction of sp³-hybridized carbons (Fsp3) is 0. The molecule has 0 radical (unpaired) electrons. The Morgan fingerprint density at radius 2 is 1.62 bits per heavy atom. The average molecular weight is 278 g/mol. The molecule has 0 aliphatic heterocycles. The zero-order valence-electron chi connectivity index (χ0n) is 11.2. The third-order valence-electron chi connectivity index (χ3n) is 2.99. The first-order chi connectivity index (χ1) is 10.1.